The molecule has 0 N–H and O–H groups in total. The van der Waals surface area contributed by atoms with Gasteiger partial charge in [0, 0.05) is 16.7 Å². The van der Waals surface area contributed by atoms with Crippen LogP contribution in [0.2, 0.25) is 0 Å². The molecule has 0 fully saturated rings. The monoisotopic (exact) mass is 344 g/mol. The third-order valence-electron chi connectivity index (χ3n) is 2.82. The molecule has 127 valence electrons. The number of hydrogen-bond acceptors (Lipinski definition) is 3. The van der Waals surface area contributed by atoms with Gasteiger partial charge in [-0.05, 0) is 6.07 Å². The predicted molar refractivity (Wildman–Crippen MR) is 75.9 cm³/mol. The molecular formula is C16H11F5NO2. The molecule has 2 rings (SSSR count). The van der Waals surface area contributed by atoms with Gasteiger partial charge in [0.15, 0.2) is 0 Å². The van der Waals surface area contributed by atoms with E-state index in [-0.39, 0.29) is 23.5 Å². The fourth-order valence-electron chi connectivity index (χ4n) is 1.74. The Morgan fingerprint density at radius 2 is 1.67 bits per heavy atom. The minimum absolute atomic E-state index is 0.139. The van der Waals surface area contributed by atoms with E-state index in [1.54, 1.807) is 0 Å². The largest absolute Gasteiger partial charge is 0.573 e. The van der Waals surface area contributed by atoms with E-state index in [2.05, 4.69) is 16.1 Å². The highest BCUT2D eigenvalue weighted by Crippen LogP contribution is 2.26. The SMILES string of the molecule is FC(F)c1ccc(/[C]=N\OCc2ccccc2OC(F)(F)F)cc1. The van der Waals surface area contributed by atoms with Gasteiger partial charge in [0.2, 0.25) is 0 Å². The number of ether oxygens (including phenoxy) is 1. The Morgan fingerprint density at radius 3 is 2.29 bits per heavy atom. The van der Waals surface area contributed by atoms with Crippen molar-refractivity contribution < 1.29 is 31.5 Å². The van der Waals surface area contributed by atoms with E-state index in [0.717, 1.165) is 6.07 Å². The summed E-state index contributed by atoms with van der Waals surface area (Å²) in [5.41, 5.74) is 0.396. The second-order valence-electron chi connectivity index (χ2n) is 4.55. The molecule has 24 heavy (non-hydrogen) atoms. The summed E-state index contributed by atoms with van der Waals surface area (Å²) in [7, 11) is 0. The van der Waals surface area contributed by atoms with Crippen molar-refractivity contribution in [1.29, 1.82) is 0 Å². The molecule has 8 heteroatoms. The first-order chi connectivity index (χ1) is 11.3. The summed E-state index contributed by atoms with van der Waals surface area (Å²) in [6.45, 7) is -0.269. The lowest BCUT2D eigenvalue weighted by Crippen LogP contribution is -2.18. The van der Waals surface area contributed by atoms with Crippen LogP contribution in [0.3, 0.4) is 0 Å². The smallest absolute Gasteiger partial charge is 0.405 e. The molecule has 0 amide bonds. The normalized spacial score (nSPS) is 11.9. The maximum absolute atomic E-state index is 12.4. The lowest BCUT2D eigenvalue weighted by molar-refractivity contribution is -0.275. The molecule has 0 heterocycles. The molecule has 0 aliphatic rings. The molecule has 0 aliphatic carbocycles. The molecular weight excluding hydrogens is 333 g/mol. The molecule has 0 spiro atoms. The van der Waals surface area contributed by atoms with E-state index in [1.165, 1.54) is 42.5 Å². The zero-order chi connectivity index (χ0) is 17.6. The van der Waals surface area contributed by atoms with Crippen LogP contribution in [0.5, 0.6) is 5.75 Å². The molecule has 0 saturated carbocycles. The van der Waals surface area contributed by atoms with Crippen LogP contribution in [0.1, 0.15) is 23.1 Å². The summed E-state index contributed by atoms with van der Waals surface area (Å²) < 4.78 is 65.5. The predicted octanol–water partition coefficient (Wildman–Crippen LogP) is 4.95. The van der Waals surface area contributed by atoms with Gasteiger partial charge in [-0.2, -0.15) is 0 Å². The van der Waals surface area contributed by atoms with Crippen molar-refractivity contribution >= 4 is 6.21 Å². The van der Waals surface area contributed by atoms with Crippen LogP contribution >= 0.6 is 0 Å². The molecule has 2 aromatic rings. The van der Waals surface area contributed by atoms with E-state index in [4.69, 9.17) is 4.84 Å². The molecule has 0 aliphatic heterocycles. The van der Waals surface area contributed by atoms with Gasteiger partial charge >= 0.3 is 6.36 Å². The van der Waals surface area contributed by atoms with Gasteiger partial charge in [-0.3, -0.25) is 0 Å². The average molecular weight is 344 g/mol. The first-order valence-electron chi connectivity index (χ1n) is 6.65. The molecule has 0 saturated heterocycles. The second kappa shape index (κ2) is 7.76. The minimum Gasteiger partial charge on any atom is -0.405 e. The van der Waals surface area contributed by atoms with Crippen molar-refractivity contribution in [3.8, 4) is 5.75 Å². The number of rotatable bonds is 6. The van der Waals surface area contributed by atoms with Gasteiger partial charge in [0.05, 0.1) is 0 Å². The standard InChI is InChI=1S/C16H11F5NO2/c17-15(18)12-7-5-11(6-8-12)9-22-23-10-13-3-1-2-4-14(13)24-16(19,20)21/h1-8,15H,10H2. The van der Waals surface area contributed by atoms with Gasteiger partial charge in [0.1, 0.15) is 18.6 Å². The van der Waals surface area contributed by atoms with Crippen molar-refractivity contribution in [2.24, 2.45) is 5.16 Å². The van der Waals surface area contributed by atoms with E-state index in [0.29, 0.717) is 5.56 Å². The maximum atomic E-state index is 12.4. The van der Waals surface area contributed by atoms with Crippen LogP contribution in [0.4, 0.5) is 22.0 Å². The van der Waals surface area contributed by atoms with Crippen LogP contribution in [-0.2, 0) is 11.4 Å². The molecule has 1 radical (unpaired) electrons. The lowest BCUT2D eigenvalue weighted by atomic mass is 10.1. The van der Waals surface area contributed by atoms with E-state index < -0.39 is 12.8 Å². The van der Waals surface area contributed by atoms with Crippen molar-refractivity contribution in [1.82, 2.24) is 0 Å². The zero-order valence-electron chi connectivity index (χ0n) is 12.1. The lowest BCUT2D eigenvalue weighted by Gasteiger charge is -2.12. The first kappa shape index (κ1) is 17.7. The molecule has 0 aromatic heterocycles. The number of alkyl halides is 5. The van der Waals surface area contributed by atoms with Gasteiger partial charge in [-0.1, -0.05) is 47.6 Å². The van der Waals surface area contributed by atoms with Crippen molar-refractivity contribution in [2.45, 2.75) is 19.4 Å². The fourth-order valence-corrected chi connectivity index (χ4v) is 1.74. The Hall–Kier alpha value is -2.64. The van der Waals surface area contributed by atoms with Crippen molar-refractivity contribution in [2.75, 3.05) is 0 Å². The van der Waals surface area contributed by atoms with Gasteiger partial charge in [-0.15, -0.1) is 13.2 Å². The number of halogens is 5. The van der Waals surface area contributed by atoms with Gasteiger partial charge < -0.3 is 9.57 Å². The fraction of sp³-hybridized carbons (Fsp3) is 0.188. The number of para-hydroxylation sites is 1. The molecule has 3 nitrogen and oxygen atoms in total. The average Bonchev–Trinajstić information content (AvgIpc) is 2.52. The Kier molecular flexibility index (Phi) is 5.73. The maximum Gasteiger partial charge on any atom is 0.573 e. The number of hydrogen-bond donors (Lipinski definition) is 0. The van der Waals surface area contributed by atoms with Crippen LogP contribution in [0.15, 0.2) is 53.7 Å². The van der Waals surface area contributed by atoms with Gasteiger partial charge in [-0.25, -0.2) is 8.78 Å². The van der Waals surface area contributed by atoms with Crippen LogP contribution < -0.4 is 4.74 Å². The molecule has 2 aromatic carbocycles. The minimum atomic E-state index is -4.81. The third kappa shape index (κ3) is 5.53. The highest BCUT2D eigenvalue weighted by molar-refractivity contribution is 5.79. The van der Waals surface area contributed by atoms with E-state index in [1.807, 2.05) is 0 Å². The Bertz CT molecular complexity index is 684. The highest BCUT2D eigenvalue weighted by atomic mass is 19.4. The summed E-state index contributed by atoms with van der Waals surface area (Å²) in [4.78, 5) is 4.87. The number of nitrogens with zero attached hydrogens (tertiary/aromatic N) is 1. The number of benzene rings is 2. The summed E-state index contributed by atoms with van der Waals surface area (Å²) in [6.07, 6.45) is -4.94. The third-order valence-corrected chi connectivity index (χ3v) is 2.82. The van der Waals surface area contributed by atoms with Crippen LogP contribution in [0, 0.1) is 0 Å². The van der Waals surface area contributed by atoms with E-state index in [9.17, 15) is 22.0 Å². The Morgan fingerprint density at radius 1 is 1.00 bits per heavy atom. The van der Waals surface area contributed by atoms with Gasteiger partial charge in [0.25, 0.3) is 6.43 Å². The van der Waals surface area contributed by atoms with E-state index >= 15 is 0 Å². The summed E-state index contributed by atoms with van der Waals surface area (Å²) >= 11 is 0. The Balaban J connectivity index is 1.94. The quantitative estimate of drug-likeness (QED) is 0.422. The van der Waals surface area contributed by atoms with Crippen molar-refractivity contribution in [3.63, 3.8) is 0 Å². The molecule has 0 bridgehead atoms. The van der Waals surface area contributed by atoms with Crippen molar-refractivity contribution in [3.05, 3.63) is 65.2 Å². The summed E-state index contributed by atoms with van der Waals surface area (Å²) in [6, 6.07) is 10.6. The van der Waals surface area contributed by atoms with Crippen LogP contribution in [-0.4, -0.2) is 12.6 Å². The van der Waals surface area contributed by atoms with Crippen LogP contribution in [0.25, 0.3) is 0 Å². The summed E-state index contributed by atoms with van der Waals surface area (Å²) in [5.74, 6) is -0.388. The first-order valence-corrected chi connectivity index (χ1v) is 6.65. The second-order valence-corrected chi connectivity index (χ2v) is 4.55. The zero-order valence-corrected chi connectivity index (χ0v) is 12.1. The summed E-state index contributed by atoms with van der Waals surface area (Å²) in [5, 5.41) is 3.47. The highest BCUT2D eigenvalue weighted by Gasteiger charge is 2.32. The molecule has 0 atom stereocenters. The topological polar surface area (TPSA) is 30.8 Å². The molecule has 0 unspecified atom stereocenters. The Labute approximate surface area is 134 Å².